The molecule has 0 spiro atoms. The van der Waals surface area contributed by atoms with Crippen LogP contribution in [0.3, 0.4) is 0 Å². The Morgan fingerprint density at radius 1 is 1.21 bits per heavy atom. The molecular weight excluding hydrogens is 372 g/mol. The molecule has 1 amide bonds. The van der Waals surface area contributed by atoms with Crippen molar-refractivity contribution in [2.45, 2.75) is 44.2 Å². The van der Waals surface area contributed by atoms with E-state index in [0.717, 1.165) is 6.34 Å². The quantitative estimate of drug-likeness (QED) is 0.360. The molecule has 0 aromatic heterocycles. The van der Waals surface area contributed by atoms with Gasteiger partial charge in [-0.1, -0.05) is 0 Å². The summed E-state index contributed by atoms with van der Waals surface area (Å²) in [4.78, 5) is 22.0. The van der Waals surface area contributed by atoms with Gasteiger partial charge in [-0.3, -0.25) is 4.79 Å². The topological polar surface area (TPSA) is 137 Å². The SMILES string of the molecule is COCCN(CCOC)C(=O)C(N)=NC=N[C@@H]1O[C@H](CO)C2OC(C)(C)O[C@@H]21. The Morgan fingerprint density at radius 3 is 2.39 bits per heavy atom. The van der Waals surface area contributed by atoms with Gasteiger partial charge in [-0.25, -0.2) is 9.98 Å². The van der Waals surface area contributed by atoms with E-state index in [2.05, 4.69) is 9.98 Å². The monoisotopic (exact) mass is 402 g/mol. The molecule has 0 radical (unpaired) electrons. The third-order valence-corrected chi connectivity index (χ3v) is 4.35. The molecule has 4 atom stereocenters. The minimum Gasteiger partial charge on any atom is -0.394 e. The van der Waals surface area contributed by atoms with Gasteiger partial charge in [0.1, 0.15) is 24.7 Å². The summed E-state index contributed by atoms with van der Waals surface area (Å²) >= 11 is 0. The first-order valence-corrected chi connectivity index (χ1v) is 9.07. The number of carbonyl (C=O) groups is 1. The van der Waals surface area contributed by atoms with Crippen LogP contribution < -0.4 is 5.73 Å². The van der Waals surface area contributed by atoms with Crippen LogP contribution in [0.25, 0.3) is 0 Å². The van der Waals surface area contributed by atoms with Crippen LogP contribution in [0.1, 0.15) is 13.8 Å². The van der Waals surface area contributed by atoms with Crippen LogP contribution >= 0.6 is 0 Å². The number of aliphatic hydroxyl groups is 1. The Hall–Kier alpha value is -1.63. The number of nitrogens with zero attached hydrogens (tertiary/aromatic N) is 3. The van der Waals surface area contributed by atoms with Gasteiger partial charge in [-0.2, -0.15) is 0 Å². The lowest BCUT2D eigenvalue weighted by atomic mass is 10.1. The molecule has 2 rings (SSSR count). The van der Waals surface area contributed by atoms with Gasteiger partial charge < -0.3 is 39.4 Å². The molecule has 0 saturated carbocycles. The smallest absolute Gasteiger partial charge is 0.289 e. The molecule has 2 heterocycles. The lowest BCUT2D eigenvalue weighted by molar-refractivity contribution is -0.189. The molecule has 0 aromatic carbocycles. The average molecular weight is 402 g/mol. The number of aliphatic hydroxyl groups excluding tert-OH is 1. The van der Waals surface area contributed by atoms with Crippen molar-refractivity contribution >= 4 is 18.1 Å². The third kappa shape index (κ3) is 5.69. The number of hydrogen-bond donors (Lipinski definition) is 2. The zero-order valence-corrected chi connectivity index (χ0v) is 16.7. The second kappa shape index (κ2) is 10.2. The maximum atomic E-state index is 12.4. The molecule has 2 fully saturated rings. The van der Waals surface area contributed by atoms with Crippen LogP contribution in [0.5, 0.6) is 0 Å². The van der Waals surface area contributed by atoms with Crippen molar-refractivity contribution in [1.82, 2.24) is 4.90 Å². The van der Waals surface area contributed by atoms with Crippen LogP contribution in [0, 0.1) is 0 Å². The number of amides is 1. The van der Waals surface area contributed by atoms with Gasteiger partial charge in [-0.05, 0) is 13.8 Å². The maximum Gasteiger partial charge on any atom is 0.289 e. The van der Waals surface area contributed by atoms with Gasteiger partial charge in [0.05, 0.1) is 19.8 Å². The summed E-state index contributed by atoms with van der Waals surface area (Å²) in [5.74, 6) is -1.45. The average Bonchev–Trinajstić information content (AvgIpc) is 3.14. The Balaban J connectivity index is 2.00. The molecule has 2 saturated heterocycles. The second-order valence-corrected chi connectivity index (χ2v) is 6.87. The number of fused-ring (bicyclic) bond motifs is 1. The predicted octanol–water partition coefficient (Wildman–Crippen LogP) is -1.27. The van der Waals surface area contributed by atoms with Gasteiger partial charge in [0.15, 0.2) is 17.9 Å². The third-order valence-electron chi connectivity index (χ3n) is 4.35. The lowest BCUT2D eigenvalue weighted by Gasteiger charge is -2.22. The molecule has 0 bridgehead atoms. The van der Waals surface area contributed by atoms with Gasteiger partial charge in [0.2, 0.25) is 0 Å². The molecule has 2 aliphatic rings. The molecule has 1 unspecified atom stereocenters. The Labute approximate surface area is 164 Å². The number of amidine groups is 1. The summed E-state index contributed by atoms with van der Waals surface area (Å²) in [6.45, 7) is 4.80. The van der Waals surface area contributed by atoms with Crippen molar-refractivity contribution in [3.05, 3.63) is 0 Å². The van der Waals surface area contributed by atoms with Crippen molar-refractivity contribution in [2.24, 2.45) is 15.7 Å². The molecule has 160 valence electrons. The van der Waals surface area contributed by atoms with Crippen LogP contribution in [-0.2, 0) is 28.5 Å². The summed E-state index contributed by atoms with van der Waals surface area (Å²) in [6, 6.07) is 0. The standard InChI is InChI=1S/C17H30N4O7/c1-17(2)27-12-11(9-22)26-15(13(12)28-17)20-10-19-14(18)16(23)21(5-7-24-3)6-8-25-4/h10-13,15,22H,5-9H2,1-4H3,(H2,18,19,20)/t11-,12?,13+,15-/m1/s1. The fourth-order valence-corrected chi connectivity index (χ4v) is 3.02. The zero-order valence-electron chi connectivity index (χ0n) is 16.7. The highest BCUT2D eigenvalue weighted by molar-refractivity contribution is 6.38. The molecule has 3 N–H and O–H groups in total. The highest BCUT2D eigenvalue weighted by Crippen LogP contribution is 2.38. The van der Waals surface area contributed by atoms with E-state index in [-0.39, 0.29) is 12.4 Å². The minimum atomic E-state index is -0.790. The van der Waals surface area contributed by atoms with E-state index in [0.29, 0.717) is 26.3 Å². The molecule has 11 nitrogen and oxygen atoms in total. The number of ether oxygens (including phenoxy) is 5. The van der Waals surface area contributed by atoms with E-state index in [1.165, 1.54) is 4.90 Å². The molecule has 0 aliphatic carbocycles. The van der Waals surface area contributed by atoms with Crippen molar-refractivity contribution in [3.63, 3.8) is 0 Å². The Bertz CT molecular complexity index is 576. The fourth-order valence-electron chi connectivity index (χ4n) is 3.02. The predicted molar refractivity (Wildman–Crippen MR) is 100 cm³/mol. The summed E-state index contributed by atoms with van der Waals surface area (Å²) in [7, 11) is 3.10. The number of hydrogen-bond acceptors (Lipinski definition) is 8. The molecule has 2 aliphatic heterocycles. The fraction of sp³-hybridized carbons (Fsp3) is 0.824. The van der Waals surface area contributed by atoms with Crippen LogP contribution in [0.15, 0.2) is 9.98 Å². The Kier molecular flexibility index (Phi) is 8.28. The second-order valence-electron chi connectivity index (χ2n) is 6.87. The largest absolute Gasteiger partial charge is 0.394 e. The van der Waals surface area contributed by atoms with Gasteiger partial charge >= 0.3 is 0 Å². The molecule has 0 aromatic rings. The summed E-state index contributed by atoms with van der Waals surface area (Å²) in [6.07, 6.45) is -1.00. The van der Waals surface area contributed by atoms with E-state index in [4.69, 9.17) is 29.4 Å². The van der Waals surface area contributed by atoms with Crippen LogP contribution in [-0.4, -0.2) is 106 Å². The van der Waals surface area contributed by atoms with Crippen molar-refractivity contribution in [2.75, 3.05) is 47.1 Å². The van der Waals surface area contributed by atoms with Gasteiger partial charge in [0.25, 0.3) is 5.91 Å². The summed E-state index contributed by atoms with van der Waals surface area (Å²) in [5, 5.41) is 9.46. The highest BCUT2D eigenvalue weighted by atomic mass is 16.8. The Morgan fingerprint density at radius 2 is 1.82 bits per heavy atom. The van der Waals surface area contributed by atoms with Crippen molar-refractivity contribution in [1.29, 1.82) is 0 Å². The number of aliphatic imine (C=N–C) groups is 2. The summed E-state index contributed by atoms with van der Waals surface area (Å²) < 4.78 is 27.2. The molecule has 28 heavy (non-hydrogen) atoms. The first-order chi connectivity index (χ1) is 13.3. The van der Waals surface area contributed by atoms with E-state index < -0.39 is 36.2 Å². The zero-order chi connectivity index (χ0) is 20.7. The van der Waals surface area contributed by atoms with Gasteiger partial charge in [-0.15, -0.1) is 0 Å². The van der Waals surface area contributed by atoms with Crippen LogP contribution in [0.4, 0.5) is 0 Å². The number of methoxy groups -OCH3 is 2. The maximum absolute atomic E-state index is 12.4. The molecular formula is C17H30N4O7. The minimum absolute atomic E-state index is 0.215. The lowest BCUT2D eigenvalue weighted by Crippen LogP contribution is -2.43. The van der Waals surface area contributed by atoms with Crippen molar-refractivity contribution in [3.8, 4) is 0 Å². The number of carbonyl (C=O) groups excluding carboxylic acids is 1. The van der Waals surface area contributed by atoms with Gasteiger partial charge in [0, 0.05) is 27.3 Å². The first-order valence-electron chi connectivity index (χ1n) is 9.07. The molecule has 11 heteroatoms. The van der Waals surface area contributed by atoms with E-state index in [1.54, 1.807) is 28.1 Å². The number of nitrogens with two attached hydrogens (primary N) is 1. The van der Waals surface area contributed by atoms with E-state index >= 15 is 0 Å². The van der Waals surface area contributed by atoms with E-state index in [1.807, 2.05) is 0 Å². The van der Waals surface area contributed by atoms with E-state index in [9.17, 15) is 9.90 Å². The normalized spacial score (nSPS) is 29.4. The summed E-state index contributed by atoms with van der Waals surface area (Å²) in [5.41, 5.74) is 5.80. The van der Waals surface area contributed by atoms with Crippen molar-refractivity contribution < 1.29 is 33.6 Å². The first kappa shape index (κ1) is 22.7. The highest BCUT2D eigenvalue weighted by Gasteiger charge is 2.55. The van der Waals surface area contributed by atoms with Crippen LogP contribution in [0.2, 0.25) is 0 Å². The number of rotatable bonds is 9.